The van der Waals surface area contributed by atoms with Crippen LogP contribution in [0.2, 0.25) is 5.02 Å². The first kappa shape index (κ1) is 12.4. The predicted octanol–water partition coefficient (Wildman–Crippen LogP) is 3.32. The van der Waals surface area contributed by atoms with Gasteiger partial charge < -0.3 is 10.2 Å². The molecule has 0 radical (unpaired) electrons. The lowest BCUT2D eigenvalue weighted by molar-refractivity contribution is 0.432. The second-order valence-corrected chi connectivity index (χ2v) is 5.23. The smallest absolute Gasteiger partial charge is 0.197 e. The van der Waals surface area contributed by atoms with Gasteiger partial charge in [0.15, 0.2) is 11.5 Å². The number of nitrogens with zero attached hydrogens (tertiary/aromatic N) is 1. The summed E-state index contributed by atoms with van der Waals surface area (Å²) in [5.74, 6) is 1.10. The van der Waals surface area contributed by atoms with Crippen molar-refractivity contribution in [2.75, 3.05) is 0 Å². The van der Waals surface area contributed by atoms with Crippen molar-refractivity contribution in [3.63, 3.8) is 0 Å². The fraction of sp³-hybridized carbons (Fsp3) is 0.462. The van der Waals surface area contributed by atoms with Gasteiger partial charge in [0.05, 0.1) is 0 Å². The number of benzene rings is 1. The number of nitrogens with two attached hydrogens (primary N) is 1. The van der Waals surface area contributed by atoms with Gasteiger partial charge in [-0.25, -0.2) is 4.98 Å². The molecule has 1 aromatic carbocycles. The molecule has 1 aromatic heterocycles. The maximum Gasteiger partial charge on any atom is 0.197 e. The third kappa shape index (κ3) is 2.61. The fourth-order valence-electron chi connectivity index (χ4n) is 1.73. The highest BCUT2D eigenvalue weighted by Gasteiger charge is 2.14. The van der Waals surface area contributed by atoms with Gasteiger partial charge in [0.1, 0.15) is 5.52 Å². The Morgan fingerprint density at radius 1 is 1.41 bits per heavy atom. The van der Waals surface area contributed by atoms with Crippen LogP contribution < -0.4 is 5.73 Å². The molecule has 0 aliphatic heterocycles. The zero-order chi connectivity index (χ0) is 12.6. The van der Waals surface area contributed by atoms with E-state index < -0.39 is 0 Å². The van der Waals surface area contributed by atoms with Crippen LogP contribution in [-0.4, -0.2) is 11.0 Å². The monoisotopic (exact) mass is 252 g/mol. The van der Waals surface area contributed by atoms with Gasteiger partial charge in [-0.3, -0.25) is 0 Å². The van der Waals surface area contributed by atoms with Crippen molar-refractivity contribution in [2.24, 2.45) is 11.7 Å². The van der Waals surface area contributed by atoms with Crippen LogP contribution in [0, 0.1) is 12.8 Å². The van der Waals surface area contributed by atoms with Crippen molar-refractivity contribution in [3.8, 4) is 0 Å². The Morgan fingerprint density at radius 2 is 2.12 bits per heavy atom. The van der Waals surface area contributed by atoms with E-state index in [1.165, 1.54) is 0 Å². The molecule has 1 heterocycles. The number of aryl methyl sites for hydroxylation is 1. The summed E-state index contributed by atoms with van der Waals surface area (Å²) < 4.78 is 5.72. The summed E-state index contributed by atoms with van der Waals surface area (Å²) in [7, 11) is 0. The molecule has 1 atom stereocenters. The first-order valence-electron chi connectivity index (χ1n) is 5.78. The molecule has 2 N–H and O–H groups in total. The van der Waals surface area contributed by atoms with Crippen LogP contribution in [0.3, 0.4) is 0 Å². The van der Waals surface area contributed by atoms with Crippen molar-refractivity contribution < 1.29 is 4.42 Å². The van der Waals surface area contributed by atoms with Gasteiger partial charge in [-0.05, 0) is 30.5 Å². The van der Waals surface area contributed by atoms with Gasteiger partial charge in [0.2, 0.25) is 0 Å². The van der Waals surface area contributed by atoms with E-state index in [2.05, 4.69) is 18.8 Å². The standard InChI is InChI=1S/C13H17ClN2O/c1-7(2)10(15)6-12-16-11-5-9(14)4-8(3)13(11)17-12/h4-5,7,10H,6,15H2,1-3H3. The molecular formula is C13H17ClN2O. The lowest BCUT2D eigenvalue weighted by Gasteiger charge is -2.12. The molecular weight excluding hydrogens is 236 g/mol. The van der Waals surface area contributed by atoms with Gasteiger partial charge in [-0.2, -0.15) is 0 Å². The third-order valence-corrected chi connectivity index (χ3v) is 3.17. The minimum Gasteiger partial charge on any atom is -0.440 e. The Kier molecular flexibility index (Phi) is 3.40. The Balaban J connectivity index is 2.35. The molecule has 17 heavy (non-hydrogen) atoms. The molecule has 0 aliphatic rings. The first-order chi connectivity index (χ1) is 7.97. The van der Waals surface area contributed by atoms with Gasteiger partial charge >= 0.3 is 0 Å². The zero-order valence-electron chi connectivity index (χ0n) is 10.3. The maximum absolute atomic E-state index is 6.01. The summed E-state index contributed by atoms with van der Waals surface area (Å²) in [5, 5.41) is 0.683. The van der Waals surface area contributed by atoms with Crippen LogP contribution in [0.4, 0.5) is 0 Å². The molecule has 0 saturated heterocycles. The van der Waals surface area contributed by atoms with Crippen molar-refractivity contribution >= 4 is 22.7 Å². The first-order valence-corrected chi connectivity index (χ1v) is 6.16. The van der Waals surface area contributed by atoms with E-state index in [1.54, 1.807) is 0 Å². The van der Waals surface area contributed by atoms with Gasteiger partial charge in [-0.15, -0.1) is 0 Å². The van der Waals surface area contributed by atoms with E-state index in [4.69, 9.17) is 21.8 Å². The van der Waals surface area contributed by atoms with Crippen molar-refractivity contribution in [1.82, 2.24) is 4.98 Å². The minimum atomic E-state index is 0.0684. The molecule has 4 heteroatoms. The average Bonchev–Trinajstić information content (AvgIpc) is 2.60. The largest absolute Gasteiger partial charge is 0.440 e. The normalized spacial score (nSPS) is 13.5. The number of oxazole rings is 1. The van der Waals surface area contributed by atoms with Crippen LogP contribution in [0.1, 0.15) is 25.3 Å². The second kappa shape index (κ2) is 4.67. The van der Waals surface area contributed by atoms with E-state index >= 15 is 0 Å². The highest BCUT2D eigenvalue weighted by Crippen LogP contribution is 2.24. The van der Waals surface area contributed by atoms with Gasteiger partial charge in [0, 0.05) is 17.5 Å². The Morgan fingerprint density at radius 3 is 2.76 bits per heavy atom. The van der Waals surface area contributed by atoms with E-state index in [-0.39, 0.29) is 6.04 Å². The predicted molar refractivity (Wildman–Crippen MR) is 70.3 cm³/mol. The molecule has 2 rings (SSSR count). The minimum absolute atomic E-state index is 0.0684. The van der Waals surface area contributed by atoms with Crippen LogP contribution in [-0.2, 0) is 6.42 Å². The summed E-state index contributed by atoms with van der Waals surface area (Å²) in [5.41, 5.74) is 8.63. The van der Waals surface area contributed by atoms with Crippen LogP contribution in [0.25, 0.3) is 11.1 Å². The SMILES string of the molecule is Cc1cc(Cl)cc2nc(CC(N)C(C)C)oc12. The third-order valence-electron chi connectivity index (χ3n) is 2.95. The molecule has 0 fully saturated rings. The lowest BCUT2D eigenvalue weighted by atomic mass is 10.0. The molecule has 0 amide bonds. The molecule has 92 valence electrons. The topological polar surface area (TPSA) is 52.0 Å². The maximum atomic E-state index is 6.01. The molecule has 0 saturated carbocycles. The highest BCUT2D eigenvalue weighted by molar-refractivity contribution is 6.31. The number of hydrogen-bond donors (Lipinski definition) is 1. The van der Waals surface area contributed by atoms with Crippen molar-refractivity contribution in [3.05, 3.63) is 28.6 Å². The summed E-state index contributed by atoms with van der Waals surface area (Å²) in [6.45, 7) is 6.15. The summed E-state index contributed by atoms with van der Waals surface area (Å²) in [4.78, 5) is 4.43. The fourth-order valence-corrected chi connectivity index (χ4v) is 1.99. The van der Waals surface area contributed by atoms with Crippen LogP contribution >= 0.6 is 11.6 Å². The van der Waals surface area contributed by atoms with E-state index in [1.807, 2.05) is 19.1 Å². The Labute approximate surface area is 106 Å². The van der Waals surface area contributed by atoms with Crippen LogP contribution in [0.15, 0.2) is 16.5 Å². The van der Waals surface area contributed by atoms with Crippen LogP contribution in [0.5, 0.6) is 0 Å². The van der Waals surface area contributed by atoms with E-state index in [0.29, 0.717) is 23.3 Å². The number of fused-ring (bicyclic) bond motifs is 1. The number of hydrogen-bond acceptors (Lipinski definition) is 3. The van der Waals surface area contributed by atoms with E-state index in [9.17, 15) is 0 Å². The zero-order valence-corrected chi connectivity index (χ0v) is 11.1. The average molecular weight is 253 g/mol. The van der Waals surface area contributed by atoms with Gasteiger partial charge in [-0.1, -0.05) is 25.4 Å². The molecule has 2 aromatic rings. The van der Waals surface area contributed by atoms with Gasteiger partial charge in [0.25, 0.3) is 0 Å². The molecule has 0 aliphatic carbocycles. The van der Waals surface area contributed by atoms with E-state index in [0.717, 1.165) is 16.7 Å². The summed E-state index contributed by atoms with van der Waals surface area (Å²) in [6, 6.07) is 3.76. The van der Waals surface area contributed by atoms with Crippen molar-refractivity contribution in [1.29, 1.82) is 0 Å². The molecule has 0 bridgehead atoms. The quantitative estimate of drug-likeness (QED) is 0.912. The molecule has 1 unspecified atom stereocenters. The molecule has 3 nitrogen and oxygen atoms in total. The number of halogens is 1. The highest BCUT2D eigenvalue weighted by atomic mass is 35.5. The Bertz CT molecular complexity index is 533. The summed E-state index contributed by atoms with van der Waals surface area (Å²) >= 11 is 5.98. The second-order valence-electron chi connectivity index (χ2n) is 4.79. The molecule has 0 spiro atoms. The summed E-state index contributed by atoms with van der Waals surface area (Å²) in [6.07, 6.45) is 0.656. The lowest BCUT2D eigenvalue weighted by Crippen LogP contribution is -2.28. The number of rotatable bonds is 3. The van der Waals surface area contributed by atoms with Crippen molar-refractivity contribution in [2.45, 2.75) is 33.2 Å². The Hall–Kier alpha value is -1.06. The number of aromatic nitrogens is 1.